The molecule has 3 rings (SSSR count). The lowest BCUT2D eigenvalue weighted by Crippen LogP contribution is -2.09. The topological polar surface area (TPSA) is 70.5 Å². The van der Waals surface area contributed by atoms with Gasteiger partial charge in [-0.25, -0.2) is 9.97 Å². The van der Waals surface area contributed by atoms with Crippen molar-refractivity contribution >= 4 is 28.6 Å². The zero-order chi connectivity index (χ0) is 18.7. The Morgan fingerprint density at radius 3 is 2.00 bits per heavy atom. The lowest BCUT2D eigenvalue weighted by atomic mass is 10.1. The Morgan fingerprint density at radius 2 is 1.50 bits per heavy atom. The highest BCUT2D eigenvalue weighted by molar-refractivity contribution is 7.98. The Kier molecular flexibility index (Phi) is 5.27. The highest BCUT2D eigenvalue weighted by Gasteiger charge is 2.22. The number of nitrogens with zero attached hydrogens (tertiary/aromatic N) is 2. The number of benzene rings is 2. The zero-order valence-corrected chi connectivity index (χ0v) is 15.7. The van der Waals surface area contributed by atoms with Crippen LogP contribution in [-0.2, 0) is 0 Å². The van der Waals surface area contributed by atoms with Gasteiger partial charge in [-0.2, -0.15) is 0 Å². The van der Waals surface area contributed by atoms with Crippen molar-refractivity contribution in [3.05, 3.63) is 47.7 Å². The molecule has 134 valence electrons. The first-order chi connectivity index (χ1) is 12.6. The monoisotopic (exact) mass is 370 g/mol. The van der Waals surface area contributed by atoms with Crippen LogP contribution in [0.15, 0.2) is 41.4 Å². The van der Waals surface area contributed by atoms with Gasteiger partial charge >= 0.3 is 0 Å². The van der Waals surface area contributed by atoms with E-state index in [1.807, 2.05) is 30.5 Å². The second-order valence-corrected chi connectivity index (χ2v) is 6.11. The number of carbonyl (C=O) groups is 1. The van der Waals surface area contributed by atoms with Crippen LogP contribution in [0.1, 0.15) is 16.1 Å². The lowest BCUT2D eigenvalue weighted by molar-refractivity contribution is 0.103. The van der Waals surface area contributed by atoms with Crippen molar-refractivity contribution in [2.24, 2.45) is 0 Å². The van der Waals surface area contributed by atoms with E-state index in [-0.39, 0.29) is 5.78 Å². The molecule has 2 aromatic carbocycles. The van der Waals surface area contributed by atoms with Crippen molar-refractivity contribution in [1.82, 2.24) is 9.97 Å². The van der Waals surface area contributed by atoms with E-state index in [0.717, 1.165) is 5.52 Å². The molecule has 0 saturated carbocycles. The first kappa shape index (κ1) is 18.0. The van der Waals surface area contributed by atoms with E-state index in [1.54, 1.807) is 12.1 Å². The first-order valence-electron chi connectivity index (χ1n) is 7.78. The minimum Gasteiger partial charge on any atom is -0.493 e. The number of hydrogen-bond acceptors (Lipinski definition) is 7. The quantitative estimate of drug-likeness (QED) is 0.485. The molecule has 26 heavy (non-hydrogen) atoms. The molecule has 0 spiro atoms. The van der Waals surface area contributed by atoms with Gasteiger partial charge in [0.2, 0.25) is 11.5 Å². The van der Waals surface area contributed by atoms with Crippen LogP contribution in [0.2, 0.25) is 0 Å². The van der Waals surface area contributed by atoms with Crippen LogP contribution < -0.4 is 14.2 Å². The summed E-state index contributed by atoms with van der Waals surface area (Å²) in [5.74, 6) is 0.998. The predicted molar refractivity (Wildman–Crippen MR) is 101 cm³/mol. The maximum Gasteiger partial charge on any atom is 0.214 e. The fourth-order valence-electron chi connectivity index (χ4n) is 2.62. The van der Waals surface area contributed by atoms with Gasteiger partial charge in [-0.1, -0.05) is 12.1 Å². The molecule has 0 radical (unpaired) electrons. The normalized spacial score (nSPS) is 10.6. The number of hydrogen-bond donors (Lipinski definition) is 0. The maximum atomic E-state index is 13.1. The number of para-hydroxylation sites is 2. The molecule has 6 nitrogen and oxygen atoms in total. The van der Waals surface area contributed by atoms with Gasteiger partial charge in [-0.15, -0.1) is 11.8 Å². The summed E-state index contributed by atoms with van der Waals surface area (Å²) in [5.41, 5.74) is 2.10. The molecule has 0 N–H and O–H groups in total. The van der Waals surface area contributed by atoms with E-state index < -0.39 is 0 Å². The third-order valence-electron chi connectivity index (χ3n) is 3.87. The van der Waals surface area contributed by atoms with Crippen molar-refractivity contribution in [3.8, 4) is 17.2 Å². The number of ether oxygens (including phenoxy) is 3. The van der Waals surface area contributed by atoms with Crippen LogP contribution in [0.3, 0.4) is 0 Å². The van der Waals surface area contributed by atoms with Crippen molar-refractivity contribution in [3.63, 3.8) is 0 Å². The summed E-state index contributed by atoms with van der Waals surface area (Å²) in [6, 6.07) is 10.7. The molecule has 1 aromatic heterocycles. The van der Waals surface area contributed by atoms with Gasteiger partial charge in [0, 0.05) is 5.56 Å². The van der Waals surface area contributed by atoms with Gasteiger partial charge in [-0.3, -0.25) is 4.79 Å². The SMILES string of the molecule is COc1cc(C(=O)c2nc3ccccc3nc2SC)cc(OC)c1OC. The van der Waals surface area contributed by atoms with E-state index in [4.69, 9.17) is 14.2 Å². The van der Waals surface area contributed by atoms with Gasteiger partial charge in [0.15, 0.2) is 11.5 Å². The first-order valence-corrected chi connectivity index (χ1v) is 9.00. The van der Waals surface area contributed by atoms with Crippen LogP contribution in [0.5, 0.6) is 17.2 Å². The summed E-state index contributed by atoms with van der Waals surface area (Å²) in [4.78, 5) is 22.2. The molecule has 0 aliphatic rings. The summed E-state index contributed by atoms with van der Waals surface area (Å²) in [7, 11) is 4.53. The number of fused-ring (bicyclic) bond motifs is 1. The summed E-state index contributed by atoms with van der Waals surface area (Å²) >= 11 is 1.38. The Balaban J connectivity index is 2.16. The van der Waals surface area contributed by atoms with Crippen molar-refractivity contribution in [1.29, 1.82) is 0 Å². The Labute approximate surface area is 155 Å². The van der Waals surface area contributed by atoms with E-state index in [0.29, 0.717) is 39.0 Å². The minimum absolute atomic E-state index is 0.258. The number of carbonyl (C=O) groups excluding carboxylic acids is 1. The fraction of sp³-hybridized carbons (Fsp3) is 0.211. The standard InChI is InChI=1S/C19H18N2O4S/c1-23-14-9-11(10-15(24-2)18(14)25-3)17(22)16-19(26-4)21-13-8-6-5-7-12(13)20-16/h5-10H,1-4H3. The molecule has 7 heteroatoms. The third kappa shape index (κ3) is 3.17. The molecule has 0 fully saturated rings. The van der Waals surface area contributed by atoms with Crippen LogP contribution in [-0.4, -0.2) is 43.3 Å². The average Bonchev–Trinajstić information content (AvgIpc) is 2.70. The molecule has 3 aromatic rings. The largest absolute Gasteiger partial charge is 0.493 e. The van der Waals surface area contributed by atoms with E-state index in [2.05, 4.69) is 9.97 Å². The van der Waals surface area contributed by atoms with Crippen molar-refractivity contribution < 1.29 is 19.0 Å². The zero-order valence-electron chi connectivity index (χ0n) is 14.9. The molecular weight excluding hydrogens is 352 g/mol. The van der Waals surface area contributed by atoms with E-state index in [9.17, 15) is 4.79 Å². The highest BCUT2D eigenvalue weighted by Crippen LogP contribution is 2.39. The minimum atomic E-state index is -0.258. The molecule has 0 amide bonds. The van der Waals surface area contributed by atoms with Crippen LogP contribution in [0, 0.1) is 0 Å². The predicted octanol–water partition coefficient (Wildman–Crippen LogP) is 3.61. The van der Waals surface area contributed by atoms with Crippen LogP contribution in [0.25, 0.3) is 11.0 Å². The van der Waals surface area contributed by atoms with Gasteiger partial charge in [0.05, 0.1) is 32.4 Å². The number of rotatable bonds is 6. The molecular formula is C19H18N2O4S. The molecule has 0 unspecified atom stereocenters. The molecule has 0 bridgehead atoms. The van der Waals surface area contributed by atoms with Crippen molar-refractivity contribution in [2.45, 2.75) is 5.03 Å². The third-order valence-corrected chi connectivity index (χ3v) is 4.55. The molecule has 0 atom stereocenters. The second-order valence-electron chi connectivity index (χ2n) is 5.31. The molecule has 0 aliphatic carbocycles. The van der Waals surface area contributed by atoms with Crippen LogP contribution in [0.4, 0.5) is 0 Å². The van der Waals surface area contributed by atoms with Gasteiger partial charge in [-0.05, 0) is 30.5 Å². The molecule has 0 aliphatic heterocycles. The van der Waals surface area contributed by atoms with Gasteiger partial charge in [0.1, 0.15) is 10.7 Å². The van der Waals surface area contributed by atoms with Gasteiger partial charge in [0.25, 0.3) is 0 Å². The maximum absolute atomic E-state index is 13.1. The second kappa shape index (κ2) is 7.61. The van der Waals surface area contributed by atoms with Crippen molar-refractivity contribution in [2.75, 3.05) is 27.6 Å². The summed E-state index contributed by atoms with van der Waals surface area (Å²) in [6.45, 7) is 0. The van der Waals surface area contributed by atoms with E-state index in [1.165, 1.54) is 33.1 Å². The summed E-state index contributed by atoms with van der Waals surface area (Å²) in [5, 5.41) is 0.572. The number of aromatic nitrogens is 2. The summed E-state index contributed by atoms with van der Waals surface area (Å²) in [6.07, 6.45) is 1.87. The smallest absolute Gasteiger partial charge is 0.214 e. The highest BCUT2D eigenvalue weighted by atomic mass is 32.2. The molecule has 1 heterocycles. The Hall–Kier alpha value is -2.80. The number of methoxy groups -OCH3 is 3. The Morgan fingerprint density at radius 1 is 0.923 bits per heavy atom. The Bertz CT molecular complexity index is 950. The van der Waals surface area contributed by atoms with Gasteiger partial charge < -0.3 is 14.2 Å². The number of thioether (sulfide) groups is 1. The van der Waals surface area contributed by atoms with Crippen LogP contribution >= 0.6 is 11.8 Å². The lowest BCUT2D eigenvalue weighted by Gasteiger charge is -2.14. The number of ketones is 1. The average molecular weight is 370 g/mol. The summed E-state index contributed by atoms with van der Waals surface area (Å²) < 4.78 is 16.0. The fourth-order valence-corrected chi connectivity index (χ4v) is 3.14. The molecule has 0 saturated heterocycles. The van der Waals surface area contributed by atoms with E-state index >= 15 is 0 Å².